The SMILES string of the molecule is COc1ccc(C(O)(Cc2ccccc2)C2CN3CCC2CC3)c(C)c1. The van der Waals surface area contributed by atoms with E-state index in [2.05, 4.69) is 42.2 Å². The highest BCUT2D eigenvalue weighted by Gasteiger charge is 2.48. The first-order valence-electron chi connectivity index (χ1n) is 9.74. The van der Waals surface area contributed by atoms with Crippen molar-refractivity contribution in [1.29, 1.82) is 0 Å². The summed E-state index contributed by atoms with van der Waals surface area (Å²) in [6.45, 7) is 5.46. The van der Waals surface area contributed by atoms with Crippen LogP contribution in [-0.2, 0) is 12.0 Å². The number of aryl methyl sites for hydroxylation is 1. The van der Waals surface area contributed by atoms with Gasteiger partial charge in [0.15, 0.2) is 0 Å². The Morgan fingerprint density at radius 1 is 1.12 bits per heavy atom. The lowest BCUT2D eigenvalue weighted by Crippen LogP contribution is -2.56. The van der Waals surface area contributed by atoms with Crippen molar-refractivity contribution in [3.05, 3.63) is 65.2 Å². The lowest BCUT2D eigenvalue weighted by Gasteiger charge is -2.51. The number of methoxy groups -OCH3 is 1. The van der Waals surface area contributed by atoms with Gasteiger partial charge in [0.25, 0.3) is 0 Å². The minimum absolute atomic E-state index is 0.275. The maximum Gasteiger partial charge on any atom is 0.119 e. The van der Waals surface area contributed by atoms with Crippen LogP contribution in [0, 0.1) is 18.8 Å². The van der Waals surface area contributed by atoms with Crippen LogP contribution >= 0.6 is 0 Å². The van der Waals surface area contributed by atoms with Gasteiger partial charge < -0.3 is 14.7 Å². The smallest absolute Gasteiger partial charge is 0.119 e. The fourth-order valence-electron chi connectivity index (χ4n) is 5.09. The molecule has 3 heterocycles. The summed E-state index contributed by atoms with van der Waals surface area (Å²) in [5, 5.41) is 12.2. The number of hydrogen-bond acceptors (Lipinski definition) is 3. The highest BCUT2D eigenvalue weighted by molar-refractivity contribution is 5.40. The molecule has 0 saturated carbocycles. The van der Waals surface area contributed by atoms with Crippen LogP contribution in [0.1, 0.15) is 29.5 Å². The van der Waals surface area contributed by atoms with Crippen LogP contribution in [0.2, 0.25) is 0 Å². The second kappa shape index (κ2) is 7.05. The van der Waals surface area contributed by atoms with E-state index < -0.39 is 5.60 Å². The van der Waals surface area contributed by atoms with E-state index in [1.54, 1.807) is 7.11 Å². The third kappa shape index (κ3) is 3.15. The van der Waals surface area contributed by atoms with Gasteiger partial charge >= 0.3 is 0 Å². The van der Waals surface area contributed by atoms with Crippen molar-refractivity contribution in [2.75, 3.05) is 26.7 Å². The number of aliphatic hydroxyl groups is 1. The van der Waals surface area contributed by atoms with Crippen LogP contribution < -0.4 is 4.74 Å². The number of benzene rings is 2. The molecule has 0 spiro atoms. The molecule has 2 unspecified atom stereocenters. The summed E-state index contributed by atoms with van der Waals surface area (Å²) in [4.78, 5) is 2.53. The third-order valence-corrected chi connectivity index (χ3v) is 6.49. The Kier molecular flexibility index (Phi) is 4.76. The van der Waals surface area contributed by atoms with Crippen molar-refractivity contribution in [2.45, 2.75) is 31.8 Å². The molecule has 0 aromatic heterocycles. The first kappa shape index (κ1) is 17.6. The Morgan fingerprint density at radius 3 is 2.42 bits per heavy atom. The van der Waals surface area contributed by atoms with Crippen molar-refractivity contribution in [3.63, 3.8) is 0 Å². The molecule has 2 aromatic carbocycles. The van der Waals surface area contributed by atoms with Gasteiger partial charge in [-0.15, -0.1) is 0 Å². The molecule has 3 heteroatoms. The van der Waals surface area contributed by atoms with Crippen LogP contribution in [0.4, 0.5) is 0 Å². The van der Waals surface area contributed by atoms with E-state index >= 15 is 0 Å². The summed E-state index contributed by atoms with van der Waals surface area (Å²) in [5.41, 5.74) is 2.52. The van der Waals surface area contributed by atoms with Crippen molar-refractivity contribution in [1.82, 2.24) is 4.90 Å². The van der Waals surface area contributed by atoms with Crippen LogP contribution in [-0.4, -0.2) is 36.8 Å². The molecule has 0 amide bonds. The maximum atomic E-state index is 12.2. The Balaban J connectivity index is 1.76. The number of hydrogen-bond donors (Lipinski definition) is 1. The lowest BCUT2D eigenvalue weighted by atomic mass is 9.65. The highest BCUT2D eigenvalue weighted by atomic mass is 16.5. The van der Waals surface area contributed by atoms with E-state index in [0.717, 1.165) is 23.4 Å². The summed E-state index contributed by atoms with van der Waals surface area (Å²) in [6.07, 6.45) is 3.07. The molecule has 0 aliphatic carbocycles. The molecule has 3 saturated heterocycles. The molecule has 2 bridgehead atoms. The number of piperidine rings is 3. The van der Waals surface area contributed by atoms with Crippen molar-refractivity contribution in [3.8, 4) is 5.75 Å². The van der Waals surface area contributed by atoms with Gasteiger partial charge in [-0.25, -0.2) is 0 Å². The average molecular weight is 351 g/mol. The first-order valence-corrected chi connectivity index (χ1v) is 9.74. The monoisotopic (exact) mass is 351 g/mol. The van der Waals surface area contributed by atoms with Crippen LogP contribution in [0.3, 0.4) is 0 Å². The van der Waals surface area contributed by atoms with Gasteiger partial charge in [-0.05, 0) is 67.6 Å². The van der Waals surface area contributed by atoms with Gasteiger partial charge in [0, 0.05) is 18.9 Å². The summed E-state index contributed by atoms with van der Waals surface area (Å²) in [7, 11) is 1.69. The maximum absolute atomic E-state index is 12.2. The van der Waals surface area contributed by atoms with E-state index in [1.807, 2.05) is 18.2 Å². The summed E-state index contributed by atoms with van der Waals surface area (Å²) in [6, 6.07) is 16.5. The van der Waals surface area contributed by atoms with Crippen LogP contribution in [0.15, 0.2) is 48.5 Å². The molecule has 26 heavy (non-hydrogen) atoms. The first-order chi connectivity index (χ1) is 12.6. The molecule has 2 aromatic rings. The molecule has 3 aliphatic rings. The standard InChI is InChI=1S/C23H29NO2/c1-17-14-20(26-2)8-9-21(17)23(25,15-18-6-4-3-5-7-18)22-16-24-12-10-19(22)11-13-24/h3-9,14,19,22,25H,10-13,15-16H2,1-2H3. The zero-order valence-electron chi connectivity index (χ0n) is 15.8. The number of nitrogens with zero attached hydrogens (tertiary/aromatic N) is 1. The molecule has 3 fully saturated rings. The molecule has 5 rings (SSSR count). The third-order valence-electron chi connectivity index (χ3n) is 6.49. The summed E-state index contributed by atoms with van der Waals surface area (Å²) < 4.78 is 5.39. The Labute approximate surface area is 156 Å². The van der Waals surface area contributed by atoms with Crippen LogP contribution in [0.5, 0.6) is 5.75 Å². The van der Waals surface area contributed by atoms with Gasteiger partial charge in [0.2, 0.25) is 0 Å². The summed E-state index contributed by atoms with van der Waals surface area (Å²) in [5.74, 6) is 1.73. The van der Waals surface area contributed by atoms with E-state index in [0.29, 0.717) is 12.3 Å². The molecule has 2 atom stereocenters. The Hall–Kier alpha value is -1.84. The second-order valence-corrected chi connectivity index (χ2v) is 8.01. The minimum atomic E-state index is -0.846. The predicted octanol–water partition coefficient (Wildman–Crippen LogP) is 3.78. The molecule has 3 nitrogen and oxygen atoms in total. The quantitative estimate of drug-likeness (QED) is 0.890. The number of ether oxygens (including phenoxy) is 1. The molecule has 1 N–H and O–H groups in total. The molecular weight excluding hydrogens is 322 g/mol. The second-order valence-electron chi connectivity index (χ2n) is 8.01. The average Bonchev–Trinajstić information content (AvgIpc) is 2.69. The van der Waals surface area contributed by atoms with Crippen LogP contribution in [0.25, 0.3) is 0 Å². The molecule has 138 valence electrons. The fourth-order valence-corrected chi connectivity index (χ4v) is 5.09. The number of fused-ring (bicyclic) bond motifs is 3. The molecule has 0 radical (unpaired) electrons. The Morgan fingerprint density at radius 2 is 1.85 bits per heavy atom. The minimum Gasteiger partial charge on any atom is -0.497 e. The van der Waals surface area contributed by atoms with Gasteiger partial charge in [-0.2, -0.15) is 0 Å². The zero-order valence-corrected chi connectivity index (χ0v) is 15.8. The zero-order chi connectivity index (χ0) is 18.1. The van der Waals surface area contributed by atoms with Crippen molar-refractivity contribution in [2.24, 2.45) is 11.8 Å². The van der Waals surface area contributed by atoms with E-state index in [4.69, 9.17) is 4.74 Å². The largest absolute Gasteiger partial charge is 0.497 e. The van der Waals surface area contributed by atoms with E-state index in [1.165, 1.54) is 31.5 Å². The topological polar surface area (TPSA) is 32.7 Å². The highest BCUT2D eigenvalue weighted by Crippen LogP contribution is 2.46. The summed E-state index contributed by atoms with van der Waals surface area (Å²) >= 11 is 0. The predicted molar refractivity (Wildman–Crippen MR) is 104 cm³/mol. The number of rotatable bonds is 5. The van der Waals surface area contributed by atoms with Crippen molar-refractivity contribution >= 4 is 0 Å². The van der Waals surface area contributed by atoms with E-state index in [9.17, 15) is 5.11 Å². The van der Waals surface area contributed by atoms with Gasteiger partial charge in [0.1, 0.15) is 5.75 Å². The Bertz CT molecular complexity index is 752. The molecular formula is C23H29NO2. The molecule has 3 aliphatic heterocycles. The fraction of sp³-hybridized carbons (Fsp3) is 0.478. The van der Waals surface area contributed by atoms with Gasteiger partial charge in [-0.1, -0.05) is 36.4 Å². The van der Waals surface area contributed by atoms with Crippen molar-refractivity contribution < 1.29 is 9.84 Å². The van der Waals surface area contributed by atoms with Gasteiger partial charge in [0.05, 0.1) is 12.7 Å². The normalized spacial score (nSPS) is 27.1. The van der Waals surface area contributed by atoms with E-state index in [-0.39, 0.29) is 5.92 Å². The lowest BCUT2D eigenvalue weighted by molar-refractivity contribution is -0.102. The van der Waals surface area contributed by atoms with Gasteiger partial charge in [-0.3, -0.25) is 0 Å².